The second-order valence-corrected chi connectivity index (χ2v) is 7.40. The minimum Gasteiger partial charge on any atom is -0.367 e. The van der Waals surface area contributed by atoms with E-state index in [0.29, 0.717) is 30.6 Å². The molecule has 1 saturated carbocycles. The fourth-order valence-electron chi connectivity index (χ4n) is 4.04. The Morgan fingerprint density at radius 2 is 1.82 bits per heavy atom. The van der Waals surface area contributed by atoms with Gasteiger partial charge in [0.1, 0.15) is 5.69 Å². The molecule has 5 rings (SSSR count). The maximum Gasteiger partial charge on any atom is 0.323 e. The fraction of sp³-hybridized carbons (Fsp3) is 0.238. The number of anilines is 3. The van der Waals surface area contributed by atoms with E-state index in [0.717, 1.165) is 23.3 Å². The summed E-state index contributed by atoms with van der Waals surface area (Å²) >= 11 is 0. The lowest BCUT2D eigenvalue weighted by Crippen LogP contribution is -2.27. The van der Waals surface area contributed by atoms with Gasteiger partial charge in [0.15, 0.2) is 11.6 Å². The summed E-state index contributed by atoms with van der Waals surface area (Å²) in [5.41, 5.74) is 1.01. The van der Waals surface area contributed by atoms with Gasteiger partial charge in [-0.05, 0) is 42.5 Å². The molecule has 2 aromatic carbocycles. The summed E-state index contributed by atoms with van der Waals surface area (Å²) in [6.45, 7) is 1.38. The molecule has 2 atom stereocenters. The van der Waals surface area contributed by atoms with Crippen molar-refractivity contribution in [3.05, 3.63) is 60.4 Å². The van der Waals surface area contributed by atoms with E-state index in [4.69, 9.17) is 0 Å². The number of hydrogen-bond donors (Lipinski definition) is 2. The van der Waals surface area contributed by atoms with Crippen LogP contribution in [0.5, 0.6) is 0 Å². The number of pyridine rings is 1. The van der Waals surface area contributed by atoms with Crippen LogP contribution in [0.15, 0.2) is 48.8 Å². The number of aromatic nitrogens is 1. The molecule has 2 amide bonds. The lowest BCUT2D eigenvalue weighted by Gasteiger charge is -2.24. The van der Waals surface area contributed by atoms with Crippen LogP contribution in [0.3, 0.4) is 0 Å². The summed E-state index contributed by atoms with van der Waals surface area (Å²) in [6, 6.07) is 9.24. The van der Waals surface area contributed by atoms with Gasteiger partial charge < -0.3 is 15.5 Å². The van der Waals surface area contributed by atoms with Crippen molar-refractivity contribution in [2.24, 2.45) is 11.8 Å². The number of amides is 2. The van der Waals surface area contributed by atoms with E-state index in [1.165, 1.54) is 6.07 Å². The molecule has 7 heteroatoms. The molecule has 5 nitrogen and oxygen atoms in total. The number of rotatable bonds is 3. The minimum atomic E-state index is -0.921. The zero-order valence-electron chi connectivity index (χ0n) is 15.0. The molecule has 1 aliphatic heterocycles. The number of nitrogens with one attached hydrogen (secondary N) is 2. The molecule has 1 aliphatic carbocycles. The normalized spacial score (nSPS) is 20.1. The minimum absolute atomic E-state index is 0.129. The van der Waals surface area contributed by atoms with E-state index in [2.05, 4.69) is 15.6 Å². The molecule has 142 valence electrons. The largest absolute Gasteiger partial charge is 0.367 e. The first-order valence-corrected chi connectivity index (χ1v) is 9.24. The van der Waals surface area contributed by atoms with Crippen LogP contribution in [-0.4, -0.2) is 24.1 Å². The SMILES string of the molecule is O=C(Nc1ccc(F)c(F)c1N1CC2CC2C1)Nc1cccc2cnccc12. The molecule has 2 fully saturated rings. The molecule has 2 N–H and O–H groups in total. The van der Waals surface area contributed by atoms with E-state index < -0.39 is 17.7 Å². The summed E-state index contributed by atoms with van der Waals surface area (Å²) in [7, 11) is 0. The Hall–Kier alpha value is -3.22. The molecular formula is C21H18F2N4O. The molecule has 1 saturated heterocycles. The standard InChI is InChI=1S/C21H18F2N4O/c22-16-4-5-18(20(19(16)23)27-10-13-8-14(13)11-27)26-21(28)25-17-3-1-2-12-9-24-7-6-15(12)17/h1-7,9,13-14H,8,10-11H2,(H2,25,26,28). The maximum atomic E-state index is 14.5. The summed E-state index contributed by atoms with van der Waals surface area (Å²) in [6.07, 6.45) is 4.51. The third-order valence-corrected chi connectivity index (χ3v) is 5.54. The van der Waals surface area contributed by atoms with Crippen LogP contribution in [-0.2, 0) is 0 Å². The van der Waals surface area contributed by atoms with Gasteiger partial charge in [0, 0.05) is 36.3 Å². The quantitative estimate of drug-likeness (QED) is 0.698. The summed E-state index contributed by atoms with van der Waals surface area (Å²) in [5, 5.41) is 7.21. The lowest BCUT2D eigenvalue weighted by atomic mass is 10.1. The zero-order chi connectivity index (χ0) is 19.3. The molecule has 0 bridgehead atoms. The number of carbonyl (C=O) groups excluding carboxylic acids is 1. The highest BCUT2D eigenvalue weighted by atomic mass is 19.2. The van der Waals surface area contributed by atoms with Crippen molar-refractivity contribution in [1.29, 1.82) is 0 Å². The van der Waals surface area contributed by atoms with Crippen molar-refractivity contribution in [2.45, 2.75) is 6.42 Å². The summed E-state index contributed by atoms with van der Waals surface area (Å²) < 4.78 is 28.4. The molecule has 3 aromatic rings. The van der Waals surface area contributed by atoms with Gasteiger partial charge in [0.2, 0.25) is 0 Å². The molecule has 2 aliphatic rings. The maximum absolute atomic E-state index is 14.5. The van der Waals surface area contributed by atoms with Gasteiger partial charge in [-0.2, -0.15) is 0 Å². The second-order valence-electron chi connectivity index (χ2n) is 7.40. The third kappa shape index (κ3) is 2.93. The smallest absolute Gasteiger partial charge is 0.323 e. The van der Waals surface area contributed by atoms with Crippen molar-refractivity contribution in [3.63, 3.8) is 0 Å². The predicted molar refractivity (Wildman–Crippen MR) is 105 cm³/mol. The highest BCUT2D eigenvalue weighted by molar-refractivity contribution is 6.07. The van der Waals surface area contributed by atoms with Crippen molar-refractivity contribution >= 4 is 33.9 Å². The Bertz CT molecular complexity index is 1070. The predicted octanol–water partition coefficient (Wildman–Crippen LogP) is 4.61. The van der Waals surface area contributed by atoms with Gasteiger partial charge >= 0.3 is 6.03 Å². The summed E-state index contributed by atoms with van der Waals surface area (Å²) in [4.78, 5) is 18.5. The van der Waals surface area contributed by atoms with Crippen LogP contribution in [0, 0.1) is 23.5 Å². The number of urea groups is 1. The Labute approximate surface area is 160 Å². The van der Waals surface area contributed by atoms with Gasteiger partial charge in [0.25, 0.3) is 0 Å². The van der Waals surface area contributed by atoms with Crippen LogP contribution in [0.25, 0.3) is 10.8 Å². The summed E-state index contributed by atoms with van der Waals surface area (Å²) in [5.74, 6) is -0.735. The Morgan fingerprint density at radius 3 is 2.64 bits per heavy atom. The van der Waals surface area contributed by atoms with E-state index in [-0.39, 0.29) is 11.4 Å². The monoisotopic (exact) mass is 380 g/mol. The molecule has 28 heavy (non-hydrogen) atoms. The first-order chi connectivity index (χ1) is 13.6. The topological polar surface area (TPSA) is 57.3 Å². The average molecular weight is 380 g/mol. The Balaban J connectivity index is 1.41. The van der Waals surface area contributed by atoms with Crippen LogP contribution >= 0.6 is 0 Å². The van der Waals surface area contributed by atoms with E-state index in [1.807, 2.05) is 23.1 Å². The van der Waals surface area contributed by atoms with Crippen LogP contribution in [0.4, 0.5) is 30.6 Å². The number of nitrogens with zero attached hydrogens (tertiary/aromatic N) is 2. The Kier molecular flexibility index (Phi) is 3.89. The molecular weight excluding hydrogens is 362 g/mol. The number of fused-ring (bicyclic) bond motifs is 2. The van der Waals surface area contributed by atoms with Gasteiger partial charge in [-0.3, -0.25) is 4.98 Å². The highest BCUT2D eigenvalue weighted by Gasteiger charge is 2.46. The number of benzene rings is 2. The highest BCUT2D eigenvalue weighted by Crippen LogP contribution is 2.48. The van der Waals surface area contributed by atoms with Gasteiger partial charge in [-0.25, -0.2) is 13.6 Å². The van der Waals surface area contributed by atoms with Gasteiger partial charge in [-0.1, -0.05) is 12.1 Å². The van der Waals surface area contributed by atoms with Gasteiger partial charge in [-0.15, -0.1) is 0 Å². The molecule has 0 spiro atoms. The van der Waals surface area contributed by atoms with E-state index >= 15 is 0 Å². The second kappa shape index (κ2) is 6.44. The molecule has 0 radical (unpaired) electrons. The molecule has 2 heterocycles. The average Bonchev–Trinajstić information content (AvgIpc) is 3.30. The zero-order valence-corrected chi connectivity index (χ0v) is 15.0. The van der Waals surface area contributed by atoms with Crippen molar-refractivity contribution in [3.8, 4) is 0 Å². The third-order valence-electron chi connectivity index (χ3n) is 5.54. The van der Waals surface area contributed by atoms with E-state index in [1.54, 1.807) is 18.5 Å². The number of hydrogen-bond acceptors (Lipinski definition) is 3. The van der Waals surface area contributed by atoms with Gasteiger partial charge in [0.05, 0.1) is 11.4 Å². The number of carbonyl (C=O) groups is 1. The first-order valence-electron chi connectivity index (χ1n) is 9.24. The Morgan fingerprint density at radius 1 is 1.04 bits per heavy atom. The van der Waals surface area contributed by atoms with Crippen molar-refractivity contribution in [1.82, 2.24) is 4.98 Å². The molecule has 2 unspecified atom stereocenters. The number of piperidine rings is 1. The van der Waals surface area contributed by atoms with Crippen LogP contribution in [0.2, 0.25) is 0 Å². The van der Waals surface area contributed by atoms with Crippen molar-refractivity contribution in [2.75, 3.05) is 28.6 Å². The lowest BCUT2D eigenvalue weighted by molar-refractivity contribution is 0.262. The van der Waals surface area contributed by atoms with E-state index in [9.17, 15) is 13.6 Å². The van der Waals surface area contributed by atoms with Crippen molar-refractivity contribution < 1.29 is 13.6 Å². The first kappa shape index (κ1) is 16.9. The van der Waals surface area contributed by atoms with Crippen LogP contribution < -0.4 is 15.5 Å². The molecule has 1 aromatic heterocycles. The fourth-order valence-corrected chi connectivity index (χ4v) is 4.04. The van der Waals surface area contributed by atoms with Crippen LogP contribution in [0.1, 0.15) is 6.42 Å². The number of halogens is 2.